The van der Waals surface area contributed by atoms with Crippen molar-refractivity contribution in [3.63, 3.8) is 0 Å². The molecule has 0 fully saturated rings. The van der Waals surface area contributed by atoms with Crippen LogP contribution in [0.2, 0.25) is 0 Å². The third kappa shape index (κ3) is 3.90. The topological polar surface area (TPSA) is 29.5 Å². The number of hydrogen-bond donors (Lipinski definition) is 1. The summed E-state index contributed by atoms with van der Waals surface area (Å²) >= 11 is 0. The monoisotopic (exact) mass is 558 g/mol. The molecule has 0 atom stereocenters. The second kappa shape index (κ2) is 9.42. The van der Waals surface area contributed by atoms with Crippen molar-refractivity contribution in [2.24, 2.45) is 0 Å². The van der Waals surface area contributed by atoms with Crippen LogP contribution in [0.15, 0.2) is 18.2 Å². The Balaban J connectivity index is 2.01. The normalized spacial score (nSPS) is 11.4. The Bertz CT molecular complexity index is 1630. The van der Waals surface area contributed by atoms with Crippen LogP contribution < -0.4 is 10.1 Å². The smallest absolute Gasteiger partial charge is 0.530 e. The highest BCUT2D eigenvalue weighted by Gasteiger charge is 2.37. The molecule has 2 nitrogen and oxygen atoms in total. The molecule has 4 rings (SSSR count). The fourth-order valence-electron chi connectivity index (χ4n) is 3.55. The van der Waals surface area contributed by atoms with E-state index in [4.69, 9.17) is 0 Å². The Labute approximate surface area is 201 Å². The molecular formula is C22H4BF13O2. The van der Waals surface area contributed by atoms with Crippen LogP contribution in [-0.2, 0) is 0 Å². The van der Waals surface area contributed by atoms with Crippen LogP contribution in [0.25, 0.3) is 21.9 Å². The van der Waals surface area contributed by atoms with Gasteiger partial charge in [-0.25, -0.2) is 52.7 Å². The van der Waals surface area contributed by atoms with Gasteiger partial charge in [-0.05, 0) is 17.5 Å². The van der Waals surface area contributed by atoms with Gasteiger partial charge < -0.3 is 9.68 Å². The molecule has 0 aromatic heterocycles. The lowest BCUT2D eigenvalue weighted by atomic mass is 9.76. The van der Waals surface area contributed by atoms with E-state index >= 15 is 0 Å². The Hall–Kier alpha value is -3.95. The lowest BCUT2D eigenvalue weighted by molar-refractivity contribution is 0.365. The molecule has 0 aliphatic heterocycles. The van der Waals surface area contributed by atoms with Gasteiger partial charge in [0.1, 0.15) is 5.82 Å². The van der Waals surface area contributed by atoms with E-state index in [1.807, 2.05) is 0 Å². The molecule has 0 amide bonds. The van der Waals surface area contributed by atoms with Crippen LogP contribution in [0.5, 0.6) is 5.75 Å². The second-order valence-corrected chi connectivity index (χ2v) is 7.42. The zero-order valence-corrected chi connectivity index (χ0v) is 17.6. The first-order valence-corrected chi connectivity index (χ1v) is 9.68. The fourth-order valence-corrected chi connectivity index (χ4v) is 3.55. The first-order chi connectivity index (χ1) is 17.7. The molecule has 1 N–H and O–H groups in total. The summed E-state index contributed by atoms with van der Waals surface area (Å²) in [5.41, 5.74) is -5.56. The van der Waals surface area contributed by atoms with Gasteiger partial charge in [-0.1, -0.05) is 6.07 Å². The highest BCUT2D eigenvalue weighted by Crippen LogP contribution is 2.42. The average molecular weight is 558 g/mol. The summed E-state index contributed by atoms with van der Waals surface area (Å²) in [6.45, 7) is 0. The minimum Gasteiger partial charge on any atom is -0.530 e. The maximum atomic E-state index is 14.6. The largest absolute Gasteiger partial charge is 0.560 e. The lowest BCUT2D eigenvalue weighted by Gasteiger charge is -2.19. The van der Waals surface area contributed by atoms with Crippen molar-refractivity contribution in [1.82, 2.24) is 0 Å². The SMILES string of the molecule is OB(Oc1c(F)c(F)c(F)c(F)c1-c1c(F)c(F)c(F)c(F)c1F)c1ccc(F)c2c(F)c(F)c(F)cc12. The summed E-state index contributed by atoms with van der Waals surface area (Å²) < 4.78 is 187. The zero-order chi connectivity index (χ0) is 28.4. The van der Waals surface area contributed by atoms with Crippen molar-refractivity contribution in [3.8, 4) is 16.9 Å². The Morgan fingerprint density at radius 1 is 0.500 bits per heavy atom. The quantitative estimate of drug-likeness (QED) is 0.143. The summed E-state index contributed by atoms with van der Waals surface area (Å²) in [4.78, 5) is 0. The molecule has 0 unspecified atom stereocenters. The van der Waals surface area contributed by atoms with Gasteiger partial charge in [0, 0.05) is 5.46 Å². The van der Waals surface area contributed by atoms with Gasteiger partial charge in [0.15, 0.2) is 58.1 Å². The second-order valence-electron chi connectivity index (χ2n) is 7.42. The molecular weight excluding hydrogens is 554 g/mol. The highest BCUT2D eigenvalue weighted by atomic mass is 19.2. The minimum atomic E-state index is -2.92. The van der Waals surface area contributed by atoms with Gasteiger partial charge in [0.05, 0.1) is 16.5 Å². The molecule has 0 saturated heterocycles. The van der Waals surface area contributed by atoms with Gasteiger partial charge in [-0.3, -0.25) is 0 Å². The van der Waals surface area contributed by atoms with Crippen molar-refractivity contribution in [1.29, 1.82) is 0 Å². The predicted molar refractivity (Wildman–Crippen MR) is 104 cm³/mol. The van der Waals surface area contributed by atoms with E-state index in [0.717, 1.165) is 0 Å². The van der Waals surface area contributed by atoms with E-state index < -0.39 is 116 Å². The molecule has 198 valence electrons. The van der Waals surface area contributed by atoms with Gasteiger partial charge in [-0.15, -0.1) is 0 Å². The summed E-state index contributed by atoms with van der Waals surface area (Å²) in [6.07, 6.45) is 0. The maximum Gasteiger partial charge on any atom is 0.560 e. The molecule has 0 saturated carbocycles. The molecule has 4 aromatic rings. The molecule has 0 heterocycles. The molecule has 0 spiro atoms. The molecule has 0 bridgehead atoms. The van der Waals surface area contributed by atoms with Gasteiger partial charge in [-0.2, -0.15) is 4.39 Å². The van der Waals surface area contributed by atoms with E-state index in [0.29, 0.717) is 12.1 Å². The van der Waals surface area contributed by atoms with Crippen LogP contribution in [-0.4, -0.2) is 12.1 Å². The molecule has 4 aromatic carbocycles. The summed E-state index contributed by atoms with van der Waals surface area (Å²) in [5.74, 6) is -34.7. The lowest BCUT2D eigenvalue weighted by Crippen LogP contribution is -2.38. The van der Waals surface area contributed by atoms with E-state index in [1.54, 1.807) is 0 Å². The average Bonchev–Trinajstić information content (AvgIpc) is 2.88. The van der Waals surface area contributed by atoms with Gasteiger partial charge >= 0.3 is 7.12 Å². The zero-order valence-electron chi connectivity index (χ0n) is 17.6. The van der Waals surface area contributed by atoms with Crippen LogP contribution in [0, 0.1) is 75.6 Å². The van der Waals surface area contributed by atoms with Crippen LogP contribution in [0.1, 0.15) is 0 Å². The molecule has 0 aliphatic carbocycles. The Morgan fingerprint density at radius 3 is 1.53 bits per heavy atom. The van der Waals surface area contributed by atoms with Crippen molar-refractivity contribution in [2.45, 2.75) is 0 Å². The Kier molecular flexibility index (Phi) is 6.72. The number of benzene rings is 4. The van der Waals surface area contributed by atoms with Crippen molar-refractivity contribution in [2.75, 3.05) is 0 Å². The number of halogens is 13. The van der Waals surface area contributed by atoms with E-state index in [-0.39, 0.29) is 6.07 Å². The number of fused-ring (bicyclic) bond motifs is 1. The molecule has 16 heteroatoms. The van der Waals surface area contributed by atoms with Crippen molar-refractivity contribution >= 4 is 23.4 Å². The standard InChI is InChI=1S/C22H4BF13O2/c24-6-2-1-5(4-3-7(25)11(26)12(27)8(4)6)23(37)38-22-10(15(30)18(33)20(35)21(22)36)9-13(28)16(31)19(34)17(32)14(9)29/h1-3,37H. The highest BCUT2D eigenvalue weighted by molar-refractivity contribution is 6.64. The van der Waals surface area contributed by atoms with Crippen molar-refractivity contribution in [3.05, 3.63) is 93.8 Å². The van der Waals surface area contributed by atoms with Gasteiger partial charge in [0.25, 0.3) is 0 Å². The summed E-state index contributed by atoms with van der Waals surface area (Å²) in [5, 5.41) is 8.06. The Morgan fingerprint density at radius 2 is 0.974 bits per heavy atom. The minimum absolute atomic E-state index is 0.117. The third-order valence-corrected chi connectivity index (χ3v) is 5.30. The summed E-state index contributed by atoms with van der Waals surface area (Å²) in [6, 6.07) is 0.953. The maximum absolute atomic E-state index is 14.6. The van der Waals surface area contributed by atoms with Crippen LogP contribution in [0.3, 0.4) is 0 Å². The predicted octanol–water partition coefficient (Wildman–Crippen LogP) is 6.08. The third-order valence-electron chi connectivity index (χ3n) is 5.30. The molecule has 0 radical (unpaired) electrons. The van der Waals surface area contributed by atoms with Gasteiger partial charge in [0.2, 0.25) is 17.5 Å². The first-order valence-electron chi connectivity index (χ1n) is 9.68. The van der Waals surface area contributed by atoms with E-state index in [1.165, 1.54) is 0 Å². The number of rotatable bonds is 4. The van der Waals surface area contributed by atoms with Crippen LogP contribution in [0.4, 0.5) is 57.1 Å². The fraction of sp³-hybridized carbons (Fsp3) is 0. The van der Waals surface area contributed by atoms with E-state index in [2.05, 4.69) is 4.65 Å². The molecule has 38 heavy (non-hydrogen) atoms. The van der Waals surface area contributed by atoms with Crippen molar-refractivity contribution < 1.29 is 66.8 Å². The first kappa shape index (κ1) is 27.1. The molecule has 0 aliphatic rings. The van der Waals surface area contributed by atoms with Crippen LogP contribution >= 0.6 is 0 Å². The summed E-state index contributed by atoms with van der Waals surface area (Å²) in [7, 11) is -2.92. The number of hydrogen-bond acceptors (Lipinski definition) is 2. The van der Waals surface area contributed by atoms with E-state index in [9.17, 15) is 62.1 Å².